The van der Waals surface area contributed by atoms with Gasteiger partial charge in [0.25, 0.3) is 5.91 Å². The molecule has 3 aliphatic heterocycles. The van der Waals surface area contributed by atoms with Gasteiger partial charge in [0.1, 0.15) is 5.82 Å². The third-order valence-electron chi connectivity index (χ3n) is 6.19. The molecule has 0 aliphatic carbocycles. The third-order valence-corrected chi connectivity index (χ3v) is 6.19. The summed E-state index contributed by atoms with van der Waals surface area (Å²) in [6.07, 6.45) is 7.83. The smallest absolute Gasteiger partial charge is 0.255 e. The minimum atomic E-state index is 0.153. The van der Waals surface area contributed by atoms with Crippen LogP contribution >= 0.6 is 0 Å². The lowest BCUT2D eigenvalue weighted by atomic mass is 9.99. The Labute approximate surface area is 151 Å². The van der Waals surface area contributed by atoms with Gasteiger partial charge in [-0.2, -0.15) is 0 Å². The third kappa shape index (κ3) is 3.66. The second-order valence-electron chi connectivity index (χ2n) is 8.01. The van der Waals surface area contributed by atoms with Gasteiger partial charge in [0.05, 0.1) is 5.56 Å². The highest BCUT2D eigenvalue weighted by molar-refractivity contribution is 5.94. The van der Waals surface area contributed by atoms with Crippen molar-refractivity contribution in [3.05, 3.63) is 23.9 Å². The van der Waals surface area contributed by atoms with Crippen molar-refractivity contribution >= 4 is 11.7 Å². The van der Waals surface area contributed by atoms with E-state index in [1.54, 1.807) is 6.20 Å². The number of piperidine rings is 1. The quantitative estimate of drug-likeness (QED) is 0.828. The zero-order valence-electron chi connectivity index (χ0n) is 15.4. The normalized spacial score (nSPS) is 25.7. The van der Waals surface area contributed by atoms with E-state index in [0.29, 0.717) is 6.04 Å². The number of fused-ring (bicyclic) bond motifs is 1. The lowest BCUT2D eigenvalue weighted by Gasteiger charge is -2.31. The zero-order chi connectivity index (χ0) is 17.2. The number of carbonyl (C=O) groups is 1. The molecule has 25 heavy (non-hydrogen) atoms. The fourth-order valence-electron chi connectivity index (χ4n) is 4.51. The van der Waals surface area contributed by atoms with Gasteiger partial charge in [0.15, 0.2) is 0 Å². The largest absolute Gasteiger partial charge is 0.357 e. The van der Waals surface area contributed by atoms with Crippen LogP contribution in [0, 0.1) is 5.92 Å². The van der Waals surface area contributed by atoms with Crippen molar-refractivity contribution in [1.29, 1.82) is 0 Å². The molecule has 3 saturated heterocycles. The first-order valence-electron chi connectivity index (χ1n) is 9.95. The summed E-state index contributed by atoms with van der Waals surface area (Å²) in [6.45, 7) is 8.56. The minimum Gasteiger partial charge on any atom is -0.357 e. The Balaban J connectivity index is 1.41. The maximum absolute atomic E-state index is 12.9. The summed E-state index contributed by atoms with van der Waals surface area (Å²) in [5, 5.41) is 0. The molecule has 1 atom stereocenters. The Morgan fingerprint density at radius 2 is 1.84 bits per heavy atom. The van der Waals surface area contributed by atoms with E-state index in [4.69, 9.17) is 0 Å². The summed E-state index contributed by atoms with van der Waals surface area (Å²) in [5.41, 5.74) is 0.737. The van der Waals surface area contributed by atoms with E-state index in [9.17, 15) is 4.79 Å². The van der Waals surface area contributed by atoms with Crippen LogP contribution in [0.25, 0.3) is 0 Å². The van der Waals surface area contributed by atoms with E-state index in [2.05, 4.69) is 26.6 Å². The molecule has 0 spiro atoms. The monoisotopic (exact) mass is 342 g/mol. The molecule has 4 rings (SSSR count). The number of carbonyl (C=O) groups excluding carboxylic acids is 1. The Bertz CT molecular complexity index is 594. The van der Waals surface area contributed by atoms with Crippen LogP contribution in [-0.4, -0.2) is 66.0 Å². The summed E-state index contributed by atoms with van der Waals surface area (Å²) < 4.78 is 0. The van der Waals surface area contributed by atoms with E-state index in [1.807, 2.05) is 12.1 Å². The summed E-state index contributed by atoms with van der Waals surface area (Å²) >= 11 is 0. The van der Waals surface area contributed by atoms with Gasteiger partial charge in [0.2, 0.25) is 0 Å². The minimum absolute atomic E-state index is 0.153. The van der Waals surface area contributed by atoms with E-state index in [0.717, 1.165) is 56.4 Å². The molecule has 5 heteroatoms. The van der Waals surface area contributed by atoms with Crippen LogP contribution < -0.4 is 4.90 Å². The number of anilines is 1. The molecule has 3 aliphatic rings. The Hall–Kier alpha value is -1.62. The number of pyridine rings is 1. The highest BCUT2D eigenvalue weighted by atomic mass is 16.2. The van der Waals surface area contributed by atoms with Crippen molar-refractivity contribution in [2.75, 3.05) is 44.2 Å². The van der Waals surface area contributed by atoms with Crippen LogP contribution in [-0.2, 0) is 0 Å². The molecule has 136 valence electrons. The van der Waals surface area contributed by atoms with Crippen LogP contribution in [0.3, 0.4) is 0 Å². The van der Waals surface area contributed by atoms with Gasteiger partial charge in [-0.25, -0.2) is 4.98 Å². The van der Waals surface area contributed by atoms with E-state index in [1.165, 1.54) is 32.2 Å². The molecule has 0 radical (unpaired) electrons. The SMILES string of the molecule is CC1CCN(c2ccc(C(=O)N3CCCN4CCC[C@H]4C3)cn2)CC1. The first-order chi connectivity index (χ1) is 12.2. The molecule has 4 heterocycles. The topological polar surface area (TPSA) is 39.7 Å². The number of hydrogen-bond donors (Lipinski definition) is 0. The lowest BCUT2D eigenvalue weighted by molar-refractivity contribution is 0.0743. The summed E-state index contributed by atoms with van der Waals surface area (Å²) in [7, 11) is 0. The maximum atomic E-state index is 12.9. The molecule has 1 aromatic heterocycles. The van der Waals surface area contributed by atoms with Gasteiger partial charge in [0, 0.05) is 45.0 Å². The molecule has 0 bridgehead atoms. The second-order valence-corrected chi connectivity index (χ2v) is 8.01. The highest BCUT2D eigenvalue weighted by Gasteiger charge is 2.31. The molecule has 1 amide bonds. The number of aromatic nitrogens is 1. The molecule has 1 aromatic rings. The number of rotatable bonds is 2. The molecular weight excluding hydrogens is 312 g/mol. The first-order valence-corrected chi connectivity index (χ1v) is 9.95. The van der Waals surface area contributed by atoms with Crippen molar-refractivity contribution in [3.8, 4) is 0 Å². The molecule has 5 nitrogen and oxygen atoms in total. The Morgan fingerprint density at radius 1 is 1.04 bits per heavy atom. The fourth-order valence-corrected chi connectivity index (χ4v) is 4.51. The lowest BCUT2D eigenvalue weighted by Crippen LogP contribution is -2.39. The number of amides is 1. The van der Waals surface area contributed by atoms with Crippen molar-refractivity contribution in [2.24, 2.45) is 5.92 Å². The van der Waals surface area contributed by atoms with Crippen LogP contribution in [0.5, 0.6) is 0 Å². The van der Waals surface area contributed by atoms with Gasteiger partial charge < -0.3 is 9.80 Å². The molecular formula is C20H30N4O. The van der Waals surface area contributed by atoms with Crippen molar-refractivity contribution in [1.82, 2.24) is 14.8 Å². The van der Waals surface area contributed by atoms with Crippen LogP contribution in [0.2, 0.25) is 0 Å². The van der Waals surface area contributed by atoms with Crippen molar-refractivity contribution in [2.45, 2.75) is 45.1 Å². The summed E-state index contributed by atoms with van der Waals surface area (Å²) in [6, 6.07) is 4.57. The Morgan fingerprint density at radius 3 is 2.60 bits per heavy atom. The number of nitrogens with zero attached hydrogens (tertiary/aromatic N) is 4. The Kier molecular flexibility index (Phi) is 4.93. The summed E-state index contributed by atoms with van der Waals surface area (Å²) in [5.74, 6) is 1.98. The first kappa shape index (κ1) is 16.8. The maximum Gasteiger partial charge on any atom is 0.255 e. The second kappa shape index (κ2) is 7.32. The van der Waals surface area contributed by atoms with Crippen LogP contribution in [0.15, 0.2) is 18.3 Å². The molecule has 0 aromatic carbocycles. The van der Waals surface area contributed by atoms with Gasteiger partial charge in [-0.3, -0.25) is 9.69 Å². The van der Waals surface area contributed by atoms with E-state index >= 15 is 0 Å². The molecule has 3 fully saturated rings. The van der Waals surface area contributed by atoms with E-state index in [-0.39, 0.29) is 5.91 Å². The van der Waals surface area contributed by atoms with Gasteiger partial charge in [-0.1, -0.05) is 6.92 Å². The highest BCUT2D eigenvalue weighted by Crippen LogP contribution is 2.24. The summed E-state index contributed by atoms with van der Waals surface area (Å²) in [4.78, 5) is 24.5. The van der Waals surface area contributed by atoms with E-state index < -0.39 is 0 Å². The van der Waals surface area contributed by atoms with Gasteiger partial charge >= 0.3 is 0 Å². The molecule has 0 saturated carbocycles. The number of hydrogen-bond acceptors (Lipinski definition) is 4. The van der Waals surface area contributed by atoms with Crippen LogP contribution in [0.1, 0.15) is 49.4 Å². The van der Waals surface area contributed by atoms with Crippen molar-refractivity contribution < 1.29 is 4.79 Å². The molecule has 0 N–H and O–H groups in total. The average molecular weight is 342 g/mol. The van der Waals surface area contributed by atoms with Gasteiger partial charge in [-0.05, 0) is 56.7 Å². The standard InChI is InChI=1S/C20H30N4O/c1-16-7-12-23(13-8-16)19-6-5-17(14-21-19)20(25)24-11-3-10-22-9-2-4-18(22)15-24/h5-6,14,16,18H,2-4,7-13,15H2,1H3/t18-/m0/s1. The molecule has 0 unspecified atom stereocenters. The predicted molar refractivity (Wildman–Crippen MR) is 100.0 cm³/mol. The van der Waals surface area contributed by atoms with Gasteiger partial charge in [-0.15, -0.1) is 0 Å². The zero-order valence-corrected chi connectivity index (χ0v) is 15.4. The fraction of sp³-hybridized carbons (Fsp3) is 0.700. The average Bonchev–Trinajstić information content (AvgIpc) is 2.99. The van der Waals surface area contributed by atoms with Crippen molar-refractivity contribution in [3.63, 3.8) is 0 Å². The predicted octanol–water partition coefficient (Wildman–Crippen LogP) is 2.63. The van der Waals surface area contributed by atoms with Crippen LogP contribution in [0.4, 0.5) is 5.82 Å².